The molecule has 1 heterocycles. The number of hydrogen-bond acceptors (Lipinski definition) is 6. The second-order valence-electron chi connectivity index (χ2n) is 7.09. The summed E-state index contributed by atoms with van der Waals surface area (Å²) in [6, 6.07) is 14.2. The average molecular weight is 473 g/mol. The van der Waals surface area contributed by atoms with Crippen LogP contribution < -0.4 is 10.1 Å². The number of benzene rings is 2. The molecule has 32 heavy (non-hydrogen) atoms. The summed E-state index contributed by atoms with van der Waals surface area (Å²) in [7, 11) is 1.61. The number of hydrogen-bond donors (Lipinski definition) is 1. The van der Waals surface area contributed by atoms with E-state index in [0.29, 0.717) is 33.8 Å². The highest BCUT2D eigenvalue weighted by molar-refractivity contribution is 7.18. The lowest BCUT2D eigenvalue weighted by atomic mass is 10.2. The Kier molecular flexibility index (Phi) is 8.58. The minimum atomic E-state index is -0.215. The third-order valence-electron chi connectivity index (χ3n) is 4.78. The zero-order valence-corrected chi connectivity index (χ0v) is 19.6. The van der Waals surface area contributed by atoms with Crippen molar-refractivity contribution in [3.8, 4) is 16.3 Å². The van der Waals surface area contributed by atoms with Crippen molar-refractivity contribution in [2.75, 3.05) is 25.5 Å². The maximum absolute atomic E-state index is 12.9. The first-order chi connectivity index (χ1) is 15.5. The molecule has 2 aromatic carbocycles. The Morgan fingerprint density at radius 2 is 1.78 bits per heavy atom. The first kappa shape index (κ1) is 23.7. The molecule has 0 bridgehead atoms. The lowest BCUT2D eigenvalue weighted by molar-refractivity contribution is -0.116. The van der Waals surface area contributed by atoms with Gasteiger partial charge in [0.25, 0.3) is 5.91 Å². The molecule has 9 heteroatoms. The molecule has 0 spiro atoms. The molecule has 0 aliphatic rings. The number of nitrogens with zero attached hydrogens (tertiary/aromatic N) is 3. The predicted molar refractivity (Wildman–Crippen MR) is 127 cm³/mol. The second-order valence-corrected chi connectivity index (χ2v) is 8.51. The van der Waals surface area contributed by atoms with Gasteiger partial charge in [0.15, 0.2) is 0 Å². The van der Waals surface area contributed by atoms with E-state index in [2.05, 4.69) is 22.4 Å². The van der Waals surface area contributed by atoms with E-state index in [0.717, 1.165) is 24.2 Å². The minimum absolute atomic E-state index is 0.111. The number of halogens is 1. The number of unbranched alkanes of at least 4 members (excludes halogenated alkanes) is 1. The zero-order chi connectivity index (χ0) is 22.9. The summed E-state index contributed by atoms with van der Waals surface area (Å²) >= 11 is 7.21. The van der Waals surface area contributed by atoms with Gasteiger partial charge in [-0.1, -0.05) is 36.3 Å². The van der Waals surface area contributed by atoms with Gasteiger partial charge < -0.3 is 15.0 Å². The number of carbonyl (C=O) groups excluding carboxylic acids is 2. The van der Waals surface area contributed by atoms with E-state index in [9.17, 15) is 9.59 Å². The highest BCUT2D eigenvalue weighted by atomic mass is 35.5. The van der Waals surface area contributed by atoms with Crippen molar-refractivity contribution in [2.45, 2.75) is 26.2 Å². The molecule has 0 saturated carbocycles. The van der Waals surface area contributed by atoms with Crippen LogP contribution >= 0.6 is 22.9 Å². The Morgan fingerprint density at radius 1 is 1.06 bits per heavy atom. The van der Waals surface area contributed by atoms with Crippen LogP contribution in [0.2, 0.25) is 5.02 Å². The fourth-order valence-electron chi connectivity index (χ4n) is 2.98. The summed E-state index contributed by atoms with van der Waals surface area (Å²) < 4.78 is 5.16. The van der Waals surface area contributed by atoms with Gasteiger partial charge >= 0.3 is 0 Å². The van der Waals surface area contributed by atoms with Crippen LogP contribution in [-0.4, -0.2) is 47.1 Å². The minimum Gasteiger partial charge on any atom is -0.497 e. The lowest BCUT2D eigenvalue weighted by Gasteiger charge is -2.22. The van der Waals surface area contributed by atoms with Gasteiger partial charge in [0.05, 0.1) is 7.11 Å². The zero-order valence-electron chi connectivity index (χ0n) is 18.0. The standard InChI is InChI=1S/C23H25ClN4O3S/c1-3-4-14-28(22(30)17-5-9-18(24)10-6-17)15-13-20(29)25-23-27-26-21(32-23)16-7-11-19(31-2)12-8-16/h5-12H,3-4,13-15H2,1-2H3,(H,25,27,29). The van der Waals surface area contributed by atoms with Gasteiger partial charge in [-0.25, -0.2) is 0 Å². The van der Waals surface area contributed by atoms with Crippen LogP contribution in [0.5, 0.6) is 5.75 Å². The van der Waals surface area contributed by atoms with E-state index < -0.39 is 0 Å². The Hall–Kier alpha value is -2.97. The van der Waals surface area contributed by atoms with Crippen LogP contribution in [0, 0.1) is 0 Å². The molecule has 3 aromatic rings. The summed E-state index contributed by atoms with van der Waals surface area (Å²) in [6.45, 7) is 2.97. The maximum atomic E-state index is 12.9. The Labute approximate surface area is 196 Å². The van der Waals surface area contributed by atoms with Gasteiger partial charge in [-0.15, -0.1) is 10.2 Å². The summed E-state index contributed by atoms with van der Waals surface area (Å²) in [4.78, 5) is 27.0. The fraction of sp³-hybridized carbons (Fsp3) is 0.304. The Morgan fingerprint density at radius 3 is 2.44 bits per heavy atom. The van der Waals surface area contributed by atoms with Crippen LogP contribution in [0.1, 0.15) is 36.5 Å². The van der Waals surface area contributed by atoms with Crippen molar-refractivity contribution in [3.05, 3.63) is 59.1 Å². The van der Waals surface area contributed by atoms with Crippen LogP contribution in [0.15, 0.2) is 48.5 Å². The molecular formula is C23H25ClN4O3S. The fourth-order valence-corrected chi connectivity index (χ4v) is 3.87. The van der Waals surface area contributed by atoms with Crippen molar-refractivity contribution in [1.82, 2.24) is 15.1 Å². The molecule has 168 valence electrons. The molecule has 2 amide bonds. The quantitative estimate of drug-likeness (QED) is 0.441. The van der Waals surface area contributed by atoms with E-state index in [1.165, 1.54) is 11.3 Å². The third kappa shape index (κ3) is 6.51. The van der Waals surface area contributed by atoms with Gasteiger partial charge in [-0.2, -0.15) is 0 Å². The van der Waals surface area contributed by atoms with E-state index in [4.69, 9.17) is 16.3 Å². The number of nitrogens with one attached hydrogen (secondary N) is 1. The number of aromatic nitrogens is 2. The van der Waals surface area contributed by atoms with Gasteiger partial charge in [0.1, 0.15) is 10.8 Å². The largest absolute Gasteiger partial charge is 0.497 e. The van der Waals surface area contributed by atoms with Crippen LogP contribution in [-0.2, 0) is 4.79 Å². The summed E-state index contributed by atoms with van der Waals surface area (Å²) in [6.07, 6.45) is 1.98. The molecule has 0 saturated heterocycles. The van der Waals surface area contributed by atoms with Crippen LogP contribution in [0.25, 0.3) is 10.6 Å². The number of amides is 2. The lowest BCUT2D eigenvalue weighted by Crippen LogP contribution is -2.34. The van der Waals surface area contributed by atoms with Gasteiger partial charge in [-0.3, -0.25) is 9.59 Å². The summed E-state index contributed by atoms with van der Waals surface area (Å²) in [5, 5.41) is 12.7. The number of carbonyl (C=O) groups is 2. The second kappa shape index (κ2) is 11.6. The predicted octanol–water partition coefficient (Wildman–Crippen LogP) is 5.14. The summed E-state index contributed by atoms with van der Waals surface area (Å²) in [5.74, 6) is 0.432. The molecule has 0 fully saturated rings. The van der Waals surface area contributed by atoms with Crippen LogP contribution in [0.3, 0.4) is 0 Å². The van der Waals surface area contributed by atoms with Crippen molar-refractivity contribution in [1.29, 1.82) is 0 Å². The van der Waals surface area contributed by atoms with Gasteiger partial charge in [-0.05, 0) is 55.0 Å². The molecular weight excluding hydrogens is 448 g/mol. The molecule has 3 rings (SSSR count). The first-order valence-corrected chi connectivity index (χ1v) is 11.5. The highest BCUT2D eigenvalue weighted by Gasteiger charge is 2.17. The smallest absolute Gasteiger partial charge is 0.253 e. The molecule has 0 aliphatic heterocycles. The van der Waals surface area contributed by atoms with Gasteiger partial charge in [0.2, 0.25) is 11.0 Å². The van der Waals surface area contributed by atoms with Crippen molar-refractivity contribution in [2.24, 2.45) is 0 Å². The van der Waals surface area contributed by atoms with Crippen LogP contribution in [0.4, 0.5) is 5.13 Å². The molecule has 0 unspecified atom stereocenters. The van der Waals surface area contributed by atoms with Gasteiger partial charge in [0, 0.05) is 35.7 Å². The van der Waals surface area contributed by atoms with E-state index >= 15 is 0 Å². The van der Waals surface area contributed by atoms with Crippen molar-refractivity contribution < 1.29 is 14.3 Å². The van der Waals surface area contributed by atoms with Crippen molar-refractivity contribution >= 4 is 39.9 Å². The molecule has 0 radical (unpaired) electrons. The maximum Gasteiger partial charge on any atom is 0.253 e. The molecule has 0 aliphatic carbocycles. The average Bonchev–Trinajstić information content (AvgIpc) is 3.27. The van der Waals surface area contributed by atoms with E-state index in [1.54, 1.807) is 36.3 Å². The molecule has 1 N–H and O–H groups in total. The number of rotatable bonds is 10. The monoisotopic (exact) mass is 472 g/mol. The third-order valence-corrected chi connectivity index (χ3v) is 5.92. The molecule has 1 aromatic heterocycles. The molecule has 7 nitrogen and oxygen atoms in total. The van der Waals surface area contributed by atoms with Crippen molar-refractivity contribution in [3.63, 3.8) is 0 Å². The normalized spacial score (nSPS) is 10.6. The number of methoxy groups -OCH3 is 1. The number of ether oxygens (including phenoxy) is 1. The topological polar surface area (TPSA) is 84.4 Å². The Bertz CT molecular complexity index is 1040. The highest BCUT2D eigenvalue weighted by Crippen LogP contribution is 2.27. The Balaban J connectivity index is 1.58. The van der Waals surface area contributed by atoms with E-state index in [-0.39, 0.29) is 18.2 Å². The van der Waals surface area contributed by atoms with E-state index in [1.807, 2.05) is 24.3 Å². The number of anilines is 1. The summed E-state index contributed by atoms with van der Waals surface area (Å²) in [5.41, 5.74) is 1.45. The first-order valence-electron chi connectivity index (χ1n) is 10.3. The molecule has 0 atom stereocenters. The SMILES string of the molecule is CCCCN(CCC(=O)Nc1nnc(-c2ccc(OC)cc2)s1)C(=O)c1ccc(Cl)cc1.